The average Bonchev–Trinajstić information content (AvgIpc) is 2.90. The van der Waals surface area contributed by atoms with E-state index in [2.05, 4.69) is 9.64 Å². The molecular weight excluding hydrogens is 340 g/mol. The predicted octanol–water partition coefficient (Wildman–Crippen LogP) is 2.95. The van der Waals surface area contributed by atoms with Gasteiger partial charge in [0.1, 0.15) is 0 Å². The second kappa shape index (κ2) is 7.84. The smallest absolute Gasteiger partial charge is 0.337 e. The molecule has 2 fully saturated rings. The molecule has 25 heavy (non-hydrogen) atoms. The van der Waals surface area contributed by atoms with Gasteiger partial charge >= 0.3 is 5.97 Å². The molecule has 0 spiro atoms. The van der Waals surface area contributed by atoms with Crippen LogP contribution in [0.15, 0.2) is 29.2 Å². The number of hydrogen-bond acceptors (Lipinski definition) is 6. The van der Waals surface area contributed by atoms with E-state index in [1.54, 1.807) is 30.3 Å². The van der Waals surface area contributed by atoms with Crippen molar-refractivity contribution in [1.29, 1.82) is 0 Å². The van der Waals surface area contributed by atoms with Crippen molar-refractivity contribution in [3.63, 3.8) is 0 Å². The van der Waals surface area contributed by atoms with Crippen LogP contribution in [0.3, 0.4) is 0 Å². The van der Waals surface area contributed by atoms with E-state index in [1.165, 1.54) is 18.4 Å². The number of ether oxygens (including phenoxy) is 1. The van der Waals surface area contributed by atoms with Gasteiger partial charge in [-0.3, -0.25) is 19.4 Å². The molecule has 0 bridgehead atoms. The van der Waals surface area contributed by atoms with Gasteiger partial charge in [-0.05, 0) is 61.5 Å². The van der Waals surface area contributed by atoms with Gasteiger partial charge in [-0.15, -0.1) is 0 Å². The maximum Gasteiger partial charge on any atom is 0.337 e. The number of esters is 1. The van der Waals surface area contributed by atoms with E-state index in [0.717, 1.165) is 43.3 Å². The standard InChI is InChI=1S/C18H20N2O4S/c1-24-17(22)14-7-5-13(6-8-14)11-15-16(21)20(18(23)25-15)12-19-9-3-2-4-10-19/h5-8,11H,2-4,9-10,12H2,1H3. The van der Waals surface area contributed by atoms with Crippen LogP contribution in [0.1, 0.15) is 35.2 Å². The van der Waals surface area contributed by atoms with E-state index in [1.807, 2.05) is 0 Å². The quantitative estimate of drug-likeness (QED) is 0.607. The molecule has 0 radical (unpaired) electrons. The molecular formula is C18H20N2O4S. The molecule has 2 saturated heterocycles. The number of hydrogen-bond donors (Lipinski definition) is 0. The van der Waals surface area contributed by atoms with Crippen LogP contribution in [0.25, 0.3) is 6.08 Å². The predicted molar refractivity (Wildman–Crippen MR) is 95.9 cm³/mol. The SMILES string of the molecule is COC(=O)c1ccc(C=C2SC(=O)N(CN3CCCCC3)C2=O)cc1. The lowest BCUT2D eigenvalue weighted by atomic mass is 10.1. The largest absolute Gasteiger partial charge is 0.465 e. The van der Waals surface area contributed by atoms with E-state index in [0.29, 0.717) is 17.1 Å². The third-order valence-electron chi connectivity index (χ3n) is 4.29. The molecule has 1 aromatic carbocycles. The van der Waals surface area contributed by atoms with Crippen LogP contribution in [0.5, 0.6) is 0 Å². The van der Waals surface area contributed by atoms with Crippen LogP contribution in [0, 0.1) is 0 Å². The first-order chi connectivity index (χ1) is 12.1. The highest BCUT2D eigenvalue weighted by Gasteiger charge is 2.36. The first-order valence-electron chi connectivity index (χ1n) is 8.24. The number of piperidine rings is 1. The molecule has 1 aromatic rings. The number of thioether (sulfide) groups is 1. The Bertz CT molecular complexity index is 708. The summed E-state index contributed by atoms with van der Waals surface area (Å²) in [6.45, 7) is 2.22. The Labute approximate surface area is 150 Å². The number of likely N-dealkylation sites (tertiary alicyclic amines) is 1. The first kappa shape index (κ1) is 17.7. The van der Waals surface area contributed by atoms with Gasteiger partial charge in [0.25, 0.3) is 11.1 Å². The summed E-state index contributed by atoms with van der Waals surface area (Å²) in [6, 6.07) is 6.72. The fourth-order valence-corrected chi connectivity index (χ4v) is 3.74. The number of rotatable bonds is 4. The lowest BCUT2D eigenvalue weighted by molar-refractivity contribution is -0.124. The molecule has 0 aromatic heterocycles. The van der Waals surface area contributed by atoms with Gasteiger partial charge in [0.15, 0.2) is 0 Å². The third-order valence-corrected chi connectivity index (χ3v) is 5.20. The van der Waals surface area contributed by atoms with Crippen molar-refractivity contribution >= 4 is 35.0 Å². The van der Waals surface area contributed by atoms with Gasteiger partial charge in [-0.1, -0.05) is 18.6 Å². The van der Waals surface area contributed by atoms with E-state index < -0.39 is 5.97 Å². The van der Waals surface area contributed by atoms with Crippen molar-refractivity contribution in [2.75, 3.05) is 26.9 Å². The molecule has 0 saturated carbocycles. The zero-order valence-electron chi connectivity index (χ0n) is 14.1. The summed E-state index contributed by atoms with van der Waals surface area (Å²) in [5.74, 6) is -0.661. The molecule has 7 heteroatoms. The normalized spacial score (nSPS) is 20.4. The minimum atomic E-state index is -0.409. The summed E-state index contributed by atoms with van der Waals surface area (Å²) < 4.78 is 4.66. The summed E-state index contributed by atoms with van der Waals surface area (Å²) in [5, 5.41) is -0.229. The lowest BCUT2D eigenvalue weighted by Gasteiger charge is -2.29. The number of carbonyl (C=O) groups excluding carboxylic acids is 3. The van der Waals surface area contributed by atoms with Crippen molar-refractivity contribution in [2.24, 2.45) is 0 Å². The molecule has 0 unspecified atom stereocenters. The second-order valence-electron chi connectivity index (χ2n) is 6.04. The van der Waals surface area contributed by atoms with Crippen LogP contribution < -0.4 is 0 Å². The van der Waals surface area contributed by atoms with Gasteiger partial charge < -0.3 is 4.74 Å². The first-order valence-corrected chi connectivity index (χ1v) is 9.06. The fraction of sp³-hybridized carbons (Fsp3) is 0.389. The molecule has 2 aliphatic heterocycles. The van der Waals surface area contributed by atoms with Crippen LogP contribution in [-0.4, -0.2) is 53.8 Å². The third kappa shape index (κ3) is 4.11. The Morgan fingerprint density at radius 1 is 1.16 bits per heavy atom. The Kier molecular flexibility index (Phi) is 5.55. The molecule has 0 aliphatic carbocycles. The van der Waals surface area contributed by atoms with Crippen molar-refractivity contribution < 1.29 is 19.1 Å². The van der Waals surface area contributed by atoms with Gasteiger partial charge in [0, 0.05) is 0 Å². The molecule has 2 aliphatic rings. The molecule has 132 valence electrons. The van der Waals surface area contributed by atoms with Gasteiger partial charge in [-0.2, -0.15) is 0 Å². The topological polar surface area (TPSA) is 66.9 Å². The van der Waals surface area contributed by atoms with Gasteiger partial charge in [-0.25, -0.2) is 4.79 Å². The fourth-order valence-electron chi connectivity index (χ4n) is 2.91. The molecule has 2 amide bonds. The summed E-state index contributed by atoms with van der Waals surface area (Å²) in [6.07, 6.45) is 5.11. The number of nitrogens with zero attached hydrogens (tertiary/aromatic N) is 2. The summed E-state index contributed by atoms with van der Waals surface area (Å²) in [4.78, 5) is 40.0. The highest BCUT2D eigenvalue weighted by Crippen LogP contribution is 2.32. The van der Waals surface area contributed by atoms with Crippen LogP contribution in [-0.2, 0) is 9.53 Å². The van der Waals surface area contributed by atoms with E-state index in [-0.39, 0.29) is 11.1 Å². The average molecular weight is 360 g/mol. The van der Waals surface area contributed by atoms with E-state index >= 15 is 0 Å². The monoisotopic (exact) mass is 360 g/mol. The summed E-state index contributed by atoms with van der Waals surface area (Å²) >= 11 is 0.960. The van der Waals surface area contributed by atoms with Gasteiger partial charge in [0.05, 0.1) is 24.2 Å². The zero-order chi connectivity index (χ0) is 17.8. The lowest BCUT2D eigenvalue weighted by Crippen LogP contribution is -2.42. The number of methoxy groups -OCH3 is 1. The maximum atomic E-state index is 12.5. The molecule has 0 N–H and O–H groups in total. The minimum absolute atomic E-state index is 0.229. The Balaban J connectivity index is 1.70. The molecule has 3 rings (SSSR count). The maximum absolute atomic E-state index is 12.5. The highest BCUT2D eigenvalue weighted by atomic mass is 32.2. The van der Waals surface area contributed by atoms with Crippen molar-refractivity contribution in [3.05, 3.63) is 40.3 Å². The van der Waals surface area contributed by atoms with Crippen LogP contribution in [0.4, 0.5) is 4.79 Å². The highest BCUT2D eigenvalue weighted by molar-refractivity contribution is 8.18. The number of carbonyl (C=O) groups is 3. The summed E-state index contributed by atoms with van der Waals surface area (Å²) in [7, 11) is 1.33. The Morgan fingerprint density at radius 2 is 1.84 bits per heavy atom. The molecule has 0 atom stereocenters. The van der Waals surface area contributed by atoms with E-state index in [4.69, 9.17) is 0 Å². The number of imide groups is 1. The van der Waals surface area contributed by atoms with Gasteiger partial charge in [0.2, 0.25) is 0 Å². The van der Waals surface area contributed by atoms with Crippen molar-refractivity contribution in [3.8, 4) is 0 Å². The minimum Gasteiger partial charge on any atom is -0.465 e. The van der Waals surface area contributed by atoms with Crippen molar-refractivity contribution in [2.45, 2.75) is 19.3 Å². The number of amides is 2. The molecule has 2 heterocycles. The van der Waals surface area contributed by atoms with Crippen LogP contribution >= 0.6 is 11.8 Å². The number of benzene rings is 1. The second-order valence-corrected chi connectivity index (χ2v) is 7.04. The zero-order valence-corrected chi connectivity index (χ0v) is 14.9. The summed E-state index contributed by atoms with van der Waals surface area (Å²) in [5.41, 5.74) is 1.20. The van der Waals surface area contributed by atoms with E-state index in [9.17, 15) is 14.4 Å². The Morgan fingerprint density at radius 3 is 2.48 bits per heavy atom. The van der Waals surface area contributed by atoms with Crippen LogP contribution in [0.2, 0.25) is 0 Å². The Hall–Kier alpha value is -2.12. The molecule has 6 nitrogen and oxygen atoms in total. The van der Waals surface area contributed by atoms with Crippen molar-refractivity contribution in [1.82, 2.24) is 9.80 Å².